The summed E-state index contributed by atoms with van der Waals surface area (Å²) in [5.74, 6) is 0.842. The third-order valence-electron chi connectivity index (χ3n) is 2.95. The number of nitrogens with one attached hydrogen (secondary N) is 1. The fraction of sp³-hybridized carbons (Fsp3) is 0.571. The number of rotatable bonds is 6. The van der Waals surface area contributed by atoms with E-state index in [1.807, 2.05) is 0 Å². The van der Waals surface area contributed by atoms with Crippen LogP contribution in [0.25, 0.3) is 0 Å². The van der Waals surface area contributed by atoms with Crippen LogP contribution in [-0.2, 0) is 5.67 Å². The van der Waals surface area contributed by atoms with Crippen molar-refractivity contribution in [1.29, 1.82) is 0 Å². The molecule has 0 radical (unpaired) electrons. The molecule has 0 spiro atoms. The molecule has 0 saturated heterocycles. The van der Waals surface area contributed by atoms with Crippen LogP contribution in [0.5, 0.6) is 11.5 Å². The molecule has 0 bridgehead atoms. The van der Waals surface area contributed by atoms with E-state index in [9.17, 15) is 9.50 Å². The molecule has 1 rings (SSSR count). The summed E-state index contributed by atoms with van der Waals surface area (Å²) in [5.41, 5.74) is -0.569. The molecule has 5 heteroatoms. The van der Waals surface area contributed by atoms with Gasteiger partial charge in [-0.15, -0.1) is 0 Å². The maximum atomic E-state index is 14.1. The average molecular weight is 271 g/mol. The van der Waals surface area contributed by atoms with E-state index in [0.717, 1.165) is 0 Å². The number of alkyl halides is 1. The first-order valence-corrected chi connectivity index (χ1v) is 6.13. The van der Waals surface area contributed by atoms with Crippen molar-refractivity contribution in [1.82, 2.24) is 5.32 Å². The molecule has 0 heterocycles. The lowest BCUT2D eigenvalue weighted by atomic mass is 9.95. The molecule has 0 aliphatic rings. The Hall–Kier alpha value is -1.33. The van der Waals surface area contributed by atoms with Crippen molar-refractivity contribution in [2.75, 3.05) is 27.8 Å². The van der Waals surface area contributed by atoms with Gasteiger partial charge in [0.15, 0.2) is 11.5 Å². The van der Waals surface area contributed by atoms with Crippen molar-refractivity contribution < 1.29 is 19.0 Å². The molecule has 19 heavy (non-hydrogen) atoms. The first-order chi connectivity index (χ1) is 8.85. The highest BCUT2D eigenvalue weighted by atomic mass is 19.1. The minimum Gasteiger partial charge on any atom is -0.493 e. The SMILES string of the molecule is CNCC(O)c1cc(C(C)(C)F)cc(OC)c1OC. The van der Waals surface area contributed by atoms with Gasteiger partial charge >= 0.3 is 0 Å². The number of hydrogen-bond donors (Lipinski definition) is 2. The number of likely N-dealkylation sites (N-methyl/N-ethyl adjacent to an activating group) is 1. The van der Waals surface area contributed by atoms with Gasteiger partial charge in [0.25, 0.3) is 0 Å². The second-order valence-electron chi connectivity index (χ2n) is 4.85. The predicted molar refractivity (Wildman–Crippen MR) is 72.6 cm³/mol. The number of aliphatic hydroxyl groups is 1. The summed E-state index contributed by atoms with van der Waals surface area (Å²) in [6.45, 7) is 3.26. The highest BCUT2D eigenvalue weighted by Crippen LogP contribution is 2.39. The summed E-state index contributed by atoms with van der Waals surface area (Å²) in [7, 11) is 4.71. The van der Waals surface area contributed by atoms with Crippen LogP contribution in [0.15, 0.2) is 12.1 Å². The summed E-state index contributed by atoms with van der Waals surface area (Å²) in [4.78, 5) is 0. The van der Waals surface area contributed by atoms with Gasteiger partial charge in [-0.25, -0.2) is 4.39 Å². The van der Waals surface area contributed by atoms with Crippen LogP contribution in [0.4, 0.5) is 4.39 Å². The van der Waals surface area contributed by atoms with E-state index in [-0.39, 0.29) is 0 Å². The van der Waals surface area contributed by atoms with E-state index in [4.69, 9.17) is 9.47 Å². The molecule has 0 amide bonds. The first kappa shape index (κ1) is 15.7. The van der Waals surface area contributed by atoms with Crippen molar-refractivity contribution in [3.63, 3.8) is 0 Å². The lowest BCUT2D eigenvalue weighted by Crippen LogP contribution is -2.19. The van der Waals surface area contributed by atoms with E-state index in [1.54, 1.807) is 19.2 Å². The van der Waals surface area contributed by atoms with E-state index in [0.29, 0.717) is 29.2 Å². The number of methoxy groups -OCH3 is 2. The zero-order valence-electron chi connectivity index (χ0n) is 12.1. The topological polar surface area (TPSA) is 50.7 Å². The summed E-state index contributed by atoms with van der Waals surface area (Å²) in [6, 6.07) is 3.21. The Balaban J connectivity index is 3.40. The van der Waals surface area contributed by atoms with Crippen LogP contribution >= 0.6 is 0 Å². The molecule has 1 aromatic carbocycles. The lowest BCUT2D eigenvalue weighted by Gasteiger charge is -2.22. The van der Waals surface area contributed by atoms with Gasteiger partial charge in [-0.3, -0.25) is 0 Å². The molecule has 2 N–H and O–H groups in total. The standard InChI is InChI=1S/C14H22FNO3/c1-14(2,15)9-6-10(11(17)8-16-3)13(19-5)12(7-9)18-4/h6-7,11,16-17H,8H2,1-5H3. The molecular formula is C14H22FNO3. The summed E-state index contributed by atoms with van der Waals surface area (Å²) < 4.78 is 24.6. The normalized spacial score (nSPS) is 13.2. The summed E-state index contributed by atoms with van der Waals surface area (Å²) >= 11 is 0. The Labute approximate surface area is 113 Å². The smallest absolute Gasteiger partial charge is 0.166 e. The van der Waals surface area contributed by atoms with Gasteiger partial charge < -0.3 is 19.9 Å². The van der Waals surface area contributed by atoms with E-state index < -0.39 is 11.8 Å². The average Bonchev–Trinajstić information content (AvgIpc) is 2.36. The molecule has 0 aromatic heterocycles. The van der Waals surface area contributed by atoms with Crippen molar-refractivity contribution in [3.8, 4) is 11.5 Å². The number of hydrogen-bond acceptors (Lipinski definition) is 4. The largest absolute Gasteiger partial charge is 0.493 e. The maximum Gasteiger partial charge on any atom is 0.166 e. The molecule has 0 aliphatic carbocycles. The van der Waals surface area contributed by atoms with Crippen LogP contribution in [0.3, 0.4) is 0 Å². The quantitative estimate of drug-likeness (QED) is 0.832. The molecule has 0 aliphatic heterocycles. The van der Waals surface area contributed by atoms with Crippen molar-refractivity contribution in [3.05, 3.63) is 23.3 Å². The highest BCUT2D eigenvalue weighted by molar-refractivity contribution is 5.51. The van der Waals surface area contributed by atoms with E-state index in [2.05, 4.69) is 5.32 Å². The zero-order chi connectivity index (χ0) is 14.6. The van der Waals surface area contributed by atoms with Crippen LogP contribution in [0.2, 0.25) is 0 Å². The molecule has 1 aromatic rings. The Morgan fingerprint density at radius 3 is 2.37 bits per heavy atom. The monoisotopic (exact) mass is 271 g/mol. The second-order valence-corrected chi connectivity index (χ2v) is 4.85. The van der Waals surface area contributed by atoms with Gasteiger partial charge in [0.05, 0.1) is 20.3 Å². The van der Waals surface area contributed by atoms with Gasteiger partial charge in [-0.2, -0.15) is 0 Å². The highest BCUT2D eigenvalue weighted by Gasteiger charge is 2.25. The Morgan fingerprint density at radius 2 is 1.95 bits per heavy atom. The third-order valence-corrected chi connectivity index (χ3v) is 2.95. The minimum absolute atomic E-state index is 0.343. The number of benzene rings is 1. The summed E-state index contributed by atoms with van der Waals surface area (Å²) in [5, 5.41) is 13.0. The van der Waals surface area contributed by atoms with Crippen molar-refractivity contribution in [2.24, 2.45) is 0 Å². The van der Waals surface area contributed by atoms with Crippen LogP contribution in [0.1, 0.15) is 31.1 Å². The molecule has 0 fully saturated rings. The maximum absolute atomic E-state index is 14.1. The Morgan fingerprint density at radius 1 is 1.32 bits per heavy atom. The van der Waals surface area contributed by atoms with Crippen LogP contribution in [-0.4, -0.2) is 32.9 Å². The number of halogens is 1. The number of aliphatic hydroxyl groups excluding tert-OH is 1. The Kier molecular flexibility index (Phi) is 5.14. The van der Waals surface area contributed by atoms with Gasteiger partial charge in [0.1, 0.15) is 5.67 Å². The predicted octanol–water partition coefficient (Wildman–Crippen LogP) is 2.16. The molecule has 4 nitrogen and oxygen atoms in total. The van der Waals surface area contributed by atoms with Gasteiger partial charge in [-0.1, -0.05) is 0 Å². The van der Waals surface area contributed by atoms with Crippen LogP contribution in [0, 0.1) is 0 Å². The molecular weight excluding hydrogens is 249 g/mol. The first-order valence-electron chi connectivity index (χ1n) is 6.13. The fourth-order valence-electron chi connectivity index (χ4n) is 1.89. The third kappa shape index (κ3) is 3.58. The van der Waals surface area contributed by atoms with Crippen molar-refractivity contribution >= 4 is 0 Å². The van der Waals surface area contributed by atoms with E-state index >= 15 is 0 Å². The molecule has 108 valence electrons. The van der Waals surface area contributed by atoms with Gasteiger partial charge in [0, 0.05) is 12.1 Å². The second kappa shape index (κ2) is 6.21. The fourth-order valence-corrected chi connectivity index (χ4v) is 1.89. The Bertz CT molecular complexity index is 429. The molecule has 0 saturated carbocycles. The van der Waals surface area contributed by atoms with Crippen molar-refractivity contribution in [2.45, 2.75) is 25.6 Å². The zero-order valence-corrected chi connectivity index (χ0v) is 12.1. The van der Waals surface area contributed by atoms with Crippen LogP contribution < -0.4 is 14.8 Å². The summed E-state index contributed by atoms with van der Waals surface area (Å²) in [6.07, 6.45) is -0.795. The van der Waals surface area contributed by atoms with Gasteiger partial charge in [0.2, 0.25) is 0 Å². The minimum atomic E-state index is -1.52. The molecule has 1 atom stereocenters. The lowest BCUT2D eigenvalue weighted by molar-refractivity contribution is 0.170. The van der Waals surface area contributed by atoms with E-state index in [1.165, 1.54) is 28.1 Å². The number of ether oxygens (including phenoxy) is 2. The van der Waals surface area contributed by atoms with Gasteiger partial charge in [-0.05, 0) is 38.6 Å². The molecule has 1 unspecified atom stereocenters.